The molecule has 206 valence electrons. The average Bonchev–Trinajstić information content (AvgIpc) is 3.54. The Hall–Kier alpha value is -3.37. The van der Waals surface area contributed by atoms with E-state index in [2.05, 4.69) is 32.4 Å². The first-order valence-electron chi connectivity index (χ1n) is 13.6. The quantitative estimate of drug-likeness (QED) is 0.464. The van der Waals surface area contributed by atoms with Crippen LogP contribution in [0.3, 0.4) is 0 Å². The second-order valence-corrected chi connectivity index (χ2v) is 10.0. The first kappa shape index (κ1) is 27.7. The Balaban J connectivity index is 0.000000417. The van der Waals surface area contributed by atoms with Gasteiger partial charge in [-0.15, -0.1) is 0 Å². The van der Waals surface area contributed by atoms with E-state index in [1.807, 2.05) is 37.7 Å². The van der Waals surface area contributed by atoms with E-state index in [1.165, 1.54) is 0 Å². The minimum atomic E-state index is -2.59. The Morgan fingerprint density at radius 3 is 2.63 bits per heavy atom. The molecule has 3 aromatic heterocycles. The van der Waals surface area contributed by atoms with E-state index >= 15 is 0 Å². The number of fused-ring (bicyclic) bond motifs is 1. The molecule has 1 aliphatic carbocycles. The summed E-state index contributed by atoms with van der Waals surface area (Å²) in [5, 5.41) is 15.1. The van der Waals surface area contributed by atoms with Crippen molar-refractivity contribution >= 4 is 17.4 Å². The van der Waals surface area contributed by atoms with Crippen molar-refractivity contribution in [2.75, 3.05) is 6.54 Å². The predicted molar refractivity (Wildman–Crippen MR) is 141 cm³/mol. The summed E-state index contributed by atoms with van der Waals surface area (Å²) in [6.07, 6.45) is 7.93. The Morgan fingerprint density at radius 1 is 1.26 bits per heavy atom. The second kappa shape index (κ2) is 12.0. The van der Waals surface area contributed by atoms with Gasteiger partial charge in [0.05, 0.1) is 40.7 Å². The highest BCUT2D eigenvalue weighted by molar-refractivity contribution is 5.76. The molecule has 3 aromatic rings. The molecule has 38 heavy (non-hydrogen) atoms. The van der Waals surface area contributed by atoms with Crippen LogP contribution in [0.4, 0.5) is 8.78 Å². The summed E-state index contributed by atoms with van der Waals surface area (Å²) in [5.74, 6) is -1.85. The SMILES string of the molecule is C=C(NC(c1cn2nc(C)c(CC)nc2n1)C1CCC(F)(F)CC1)c1ccnn1CC.O=C1CCCCN1. The molecule has 4 heterocycles. The predicted octanol–water partition coefficient (Wildman–Crippen LogP) is 4.63. The summed E-state index contributed by atoms with van der Waals surface area (Å²) in [6, 6.07) is 1.63. The topological polar surface area (TPSA) is 102 Å². The van der Waals surface area contributed by atoms with Crippen LogP contribution in [0.5, 0.6) is 0 Å². The third-order valence-corrected chi connectivity index (χ3v) is 7.29. The number of alkyl halides is 2. The summed E-state index contributed by atoms with van der Waals surface area (Å²) in [5.41, 5.74) is 4.08. The summed E-state index contributed by atoms with van der Waals surface area (Å²) >= 11 is 0. The van der Waals surface area contributed by atoms with Gasteiger partial charge >= 0.3 is 0 Å². The molecule has 1 saturated heterocycles. The molecule has 1 aliphatic heterocycles. The number of rotatable bonds is 7. The Kier molecular flexibility index (Phi) is 8.73. The van der Waals surface area contributed by atoms with Crippen molar-refractivity contribution in [1.29, 1.82) is 0 Å². The summed E-state index contributed by atoms with van der Waals surface area (Å²) < 4.78 is 31.2. The van der Waals surface area contributed by atoms with Crippen molar-refractivity contribution in [3.63, 3.8) is 0 Å². The van der Waals surface area contributed by atoms with Gasteiger partial charge in [-0.3, -0.25) is 9.48 Å². The molecule has 1 saturated carbocycles. The third-order valence-electron chi connectivity index (χ3n) is 7.29. The molecule has 9 nitrogen and oxygen atoms in total. The van der Waals surface area contributed by atoms with Crippen LogP contribution in [0.2, 0.25) is 0 Å². The number of halogens is 2. The van der Waals surface area contributed by atoms with Gasteiger partial charge < -0.3 is 10.6 Å². The highest BCUT2D eigenvalue weighted by Crippen LogP contribution is 2.41. The van der Waals surface area contributed by atoms with Crippen LogP contribution in [0.15, 0.2) is 25.0 Å². The first-order chi connectivity index (χ1) is 18.2. The molecule has 2 aliphatic rings. The molecule has 1 atom stereocenters. The zero-order valence-electron chi connectivity index (χ0n) is 22.5. The first-order valence-corrected chi connectivity index (χ1v) is 13.6. The van der Waals surface area contributed by atoms with Crippen LogP contribution in [0.25, 0.3) is 11.5 Å². The van der Waals surface area contributed by atoms with Gasteiger partial charge in [0.1, 0.15) is 0 Å². The summed E-state index contributed by atoms with van der Waals surface area (Å²) in [7, 11) is 0. The Bertz CT molecular complexity index is 1250. The van der Waals surface area contributed by atoms with Gasteiger partial charge in [-0.2, -0.15) is 10.2 Å². The number of amides is 1. The maximum Gasteiger partial charge on any atom is 0.251 e. The van der Waals surface area contributed by atoms with Crippen LogP contribution in [-0.2, 0) is 17.8 Å². The fourth-order valence-corrected chi connectivity index (χ4v) is 5.09. The number of aromatic nitrogens is 6. The van der Waals surface area contributed by atoms with Crippen LogP contribution in [-0.4, -0.2) is 47.7 Å². The fraction of sp³-hybridized carbons (Fsp3) is 0.593. The Labute approximate surface area is 222 Å². The molecule has 1 unspecified atom stereocenters. The average molecular weight is 529 g/mol. The van der Waals surface area contributed by atoms with Crippen molar-refractivity contribution in [3.8, 4) is 0 Å². The van der Waals surface area contributed by atoms with Gasteiger partial charge in [0, 0.05) is 38.5 Å². The molecule has 5 rings (SSSR count). The molecule has 11 heteroatoms. The van der Waals surface area contributed by atoms with Gasteiger partial charge in [0.2, 0.25) is 11.8 Å². The largest absolute Gasteiger partial charge is 0.375 e. The molecule has 2 N–H and O–H groups in total. The van der Waals surface area contributed by atoms with Crippen molar-refractivity contribution in [3.05, 3.63) is 47.8 Å². The number of hydrogen-bond donors (Lipinski definition) is 2. The van der Waals surface area contributed by atoms with Crippen LogP contribution < -0.4 is 10.6 Å². The second-order valence-electron chi connectivity index (χ2n) is 10.0. The van der Waals surface area contributed by atoms with Crippen LogP contribution in [0, 0.1) is 12.8 Å². The third kappa shape index (κ3) is 6.54. The van der Waals surface area contributed by atoms with Gasteiger partial charge in [-0.05, 0) is 57.9 Å². The van der Waals surface area contributed by atoms with E-state index in [1.54, 1.807) is 10.7 Å². The number of hydrogen-bond acceptors (Lipinski definition) is 6. The van der Waals surface area contributed by atoms with E-state index < -0.39 is 5.92 Å². The van der Waals surface area contributed by atoms with Gasteiger partial charge in [-0.1, -0.05) is 13.5 Å². The highest BCUT2D eigenvalue weighted by atomic mass is 19.3. The Morgan fingerprint density at radius 2 is 2.03 bits per heavy atom. The lowest BCUT2D eigenvalue weighted by atomic mass is 9.81. The molecule has 0 spiro atoms. The number of piperidine rings is 1. The van der Waals surface area contributed by atoms with Crippen molar-refractivity contribution in [1.82, 2.24) is 40.0 Å². The van der Waals surface area contributed by atoms with E-state index in [4.69, 9.17) is 4.98 Å². The fourth-order valence-electron chi connectivity index (χ4n) is 5.09. The lowest BCUT2D eigenvalue weighted by molar-refractivity contribution is -0.122. The van der Waals surface area contributed by atoms with E-state index in [0.717, 1.165) is 55.0 Å². The molecule has 0 radical (unpaired) electrons. The maximum absolute atomic E-state index is 13.8. The van der Waals surface area contributed by atoms with E-state index in [9.17, 15) is 13.6 Å². The lowest BCUT2D eigenvalue weighted by Crippen LogP contribution is -2.34. The molecular weight excluding hydrogens is 490 g/mol. The van der Waals surface area contributed by atoms with Gasteiger partial charge in [-0.25, -0.2) is 23.3 Å². The normalized spacial score (nSPS) is 18.4. The number of carbonyl (C=O) groups is 1. The smallest absolute Gasteiger partial charge is 0.251 e. The van der Waals surface area contributed by atoms with E-state index in [-0.39, 0.29) is 30.7 Å². The van der Waals surface area contributed by atoms with Gasteiger partial charge in [0.25, 0.3) is 5.78 Å². The minimum absolute atomic E-state index is 0.00558. The lowest BCUT2D eigenvalue weighted by Gasteiger charge is -2.34. The summed E-state index contributed by atoms with van der Waals surface area (Å²) in [6.45, 7) is 11.8. The molecule has 0 bridgehead atoms. The maximum atomic E-state index is 13.8. The molecule has 2 fully saturated rings. The zero-order valence-corrected chi connectivity index (χ0v) is 22.5. The summed E-state index contributed by atoms with van der Waals surface area (Å²) in [4.78, 5) is 19.7. The van der Waals surface area contributed by atoms with Crippen LogP contribution >= 0.6 is 0 Å². The molecular formula is C27H38F2N8O. The number of carbonyl (C=O) groups excluding carboxylic acids is 1. The molecule has 1 amide bonds. The standard InChI is InChI=1S/C22H29F2N7.C5H9NO/c1-5-17-14(3)29-31-13-18(28-21(31)27-17)20(16-7-10-22(23,24)11-8-16)26-15(4)19-9-12-25-30(19)6-2;7-5-3-1-2-4-6-5/h9,12-13,16,20,26H,4-8,10-11H2,1-3H3;1-4H2,(H,6,7). The minimum Gasteiger partial charge on any atom is -0.375 e. The zero-order chi connectivity index (χ0) is 27.3. The van der Waals surface area contributed by atoms with E-state index in [0.29, 0.717) is 30.9 Å². The van der Waals surface area contributed by atoms with Crippen molar-refractivity contribution in [2.24, 2.45) is 5.92 Å². The molecule has 0 aromatic carbocycles. The highest BCUT2D eigenvalue weighted by Gasteiger charge is 2.39. The number of nitrogens with zero attached hydrogens (tertiary/aromatic N) is 6. The van der Waals surface area contributed by atoms with Crippen molar-refractivity contribution < 1.29 is 13.6 Å². The number of nitrogens with one attached hydrogen (secondary N) is 2. The van der Waals surface area contributed by atoms with Gasteiger partial charge in [0.15, 0.2) is 0 Å². The number of aryl methyl sites for hydroxylation is 3. The number of imidazole rings is 1. The van der Waals surface area contributed by atoms with Crippen LogP contribution in [0.1, 0.15) is 87.6 Å². The van der Waals surface area contributed by atoms with Crippen molar-refractivity contribution in [2.45, 2.75) is 90.6 Å². The monoisotopic (exact) mass is 528 g/mol.